The summed E-state index contributed by atoms with van der Waals surface area (Å²) in [7, 11) is 1.31. The number of nitro benzene ring substituents is 2. The molecule has 1 N–H and O–H groups in total. The van der Waals surface area contributed by atoms with Crippen LogP contribution in [0.25, 0.3) is 6.08 Å². The van der Waals surface area contributed by atoms with Gasteiger partial charge in [-0.25, -0.2) is 0 Å². The summed E-state index contributed by atoms with van der Waals surface area (Å²) in [6.45, 7) is 2.24. The number of nitro groups is 2. The van der Waals surface area contributed by atoms with Crippen LogP contribution in [-0.2, 0) is 4.79 Å². The molecular weight excluding hydrogens is 382 g/mol. The Bertz CT molecular complexity index is 957. The summed E-state index contributed by atoms with van der Waals surface area (Å²) in [6, 6.07) is 8.36. The molecule has 0 atom stereocenters. The smallest absolute Gasteiger partial charge is 0.312 e. The second kappa shape index (κ2) is 9.83. The van der Waals surface area contributed by atoms with E-state index in [4.69, 9.17) is 9.47 Å². The van der Waals surface area contributed by atoms with Gasteiger partial charge >= 0.3 is 11.4 Å². The molecule has 0 radical (unpaired) electrons. The Morgan fingerprint density at radius 2 is 1.72 bits per heavy atom. The summed E-state index contributed by atoms with van der Waals surface area (Å²) in [5.74, 6) is -0.330. The Morgan fingerprint density at radius 3 is 2.34 bits per heavy atom. The molecule has 0 saturated heterocycles. The van der Waals surface area contributed by atoms with Gasteiger partial charge in [-0.15, -0.1) is 0 Å². The van der Waals surface area contributed by atoms with Crippen molar-refractivity contribution >= 4 is 29.0 Å². The summed E-state index contributed by atoms with van der Waals surface area (Å²) in [5.41, 5.74) is 0.150. The number of anilines is 1. The lowest BCUT2D eigenvalue weighted by molar-refractivity contribution is -0.386. The van der Waals surface area contributed by atoms with Gasteiger partial charge in [0.1, 0.15) is 0 Å². The maximum absolute atomic E-state index is 12.1. The van der Waals surface area contributed by atoms with E-state index >= 15 is 0 Å². The summed E-state index contributed by atoms with van der Waals surface area (Å²) in [6.07, 6.45) is 3.27. The lowest BCUT2D eigenvalue weighted by atomic mass is 10.1. The molecule has 1 amide bonds. The molecule has 152 valence electrons. The van der Waals surface area contributed by atoms with Crippen molar-refractivity contribution in [2.45, 2.75) is 13.3 Å². The zero-order chi connectivity index (χ0) is 21.4. The molecule has 0 aliphatic carbocycles. The van der Waals surface area contributed by atoms with Gasteiger partial charge in [0, 0.05) is 23.9 Å². The van der Waals surface area contributed by atoms with E-state index < -0.39 is 15.8 Å². The molecule has 2 aromatic carbocycles. The van der Waals surface area contributed by atoms with Gasteiger partial charge in [-0.2, -0.15) is 0 Å². The highest BCUT2D eigenvalue weighted by Gasteiger charge is 2.17. The SMILES string of the molecule is CCCOc1ccc(/C=C/C(=O)Nc2ccc(OC)c([N+](=O)[O-])c2)cc1[N+](=O)[O-]. The van der Waals surface area contributed by atoms with Gasteiger partial charge in [-0.1, -0.05) is 13.0 Å². The van der Waals surface area contributed by atoms with Crippen molar-refractivity contribution in [1.29, 1.82) is 0 Å². The van der Waals surface area contributed by atoms with Crippen LogP contribution in [-0.4, -0.2) is 29.5 Å². The molecule has 2 aromatic rings. The maximum atomic E-state index is 12.1. The summed E-state index contributed by atoms with van der Waals surface area (Å²) < 4.78 is 10.2. The van der Waals surface area contributed by atoms with E-state index in [0.29, 0.717) is 18.6 Å². The molecule has 10 heteroatoms. The van der Waals surface area contributed by atoms with E-state index in [0.717, 1.165) is 0 Å². The highest BCUT2D eigenvalue weighted by atomic mass is 16.6. The number of carbonyl (C=O) groups is 1. The highest BCUT2D eigenvalue weighted by molar-refractivity contribution is 6.02. The average Bonchev–Trinajstić information content (AvgIpc) is 2.70. The van der Waals surface area contributed by atoms with E-state index in [9.17, 15) is 25.0 Å². The third-order valence-corrected chi connectivity index (χ3v) is 3.71. The quantitative estimate of drug-likeness (QED) is 0.382. The number of ether oxygens (including phenoxy) is 2. The zero-order valence-electron chi connectivity index (χ0n) is 15.8. The molecule has 0 saturated carbocycles. The monoisotopic (exact) mass is 401 g/mol. The molecular formula is C19H19N3O7. The van der Waals surface area contributed by atoms with Crippen molar-refractivity contribution in [3.63, 3.8) is 0 Å². The molecule has 0 aromatic heterocycles. The van der Waals surface area contributed by atoms with Gasteiger partial charge in [-0.05, 0) is 36.3 Å². The Hall–Kier alpha value is -3.95. The van der Waals surface area contributed by atoms with Crippen molar-refractivity contribution in [3.8, 4) is 11.5 Å². The van der Waals surface area contributed by atoms with Crippen LogP contribution >= 0.6 is 0 Å². The topological polar surface area (TPSA) is 134 Å². The van der Waals surface area contributed by atoms with E-state index in [2.05, 4.69) is 5.32 Å². The number of carbonyl (C=O) groups excluding carboxylic acids is 1. The van der Waals surface area contributed by atoms with E-state index in [1.165, 1.54) is 49.6 Å². The van der Waals surface area contributed by atoms with Gasteiger partial charge in [0.2, 0.25) is 5.91 Å². The fourth-order valence-corrected chi connectivity index (χ4v) is 2.38. The third-order valence-electron chi connectivity index (χ3n) is 3.71. The van der Waals surface area contributed by atoms with Crippen molar-refractivity contribution < 1.29 is 24.1 Å². The third kappa shape index (κ3) is 5.76. The minimum Gasteiger partial charge on any atom is -0.490 e. The van der Waals surface area contributed by atoms with Crippen LogP contribution in [0.4, 0.5) is 17.1 Å². The second-order valence-electron chi connectivity index (χ2n) is 5.80. The standard InChI is InChI=1S/C19H19N3O7/c1-3-10-29-18-7-4-13(11-15(18)21(24)25)5-9-19(23)20-14-6-8-17(28-2)16(12-14)22(26)27/h4-9,11-12H,3,10H2,1-2H3,(H,20,23)/b9-5+. The van der Waals surface area contributed by atoms with Crippen molar-refractivity contribution in [2.24, 2.45) is 0 Å². The molecule has 29 heavy (non-hydrogen) atoms. The van der Waals surface area contributed by atoms with E-state index in [1.807, 2.05) is 6.92 Å². The Kier molecular flexibility index (Phi) is 7.24. The molecule has 0 bridgehead atoms. The number of benzene rings is 2. The molecule has 0 aliphatic rings. The molecule has 2 rings (SSSR count). The fourth-order valence-electron chi connectivity index (χ4n) is 2.38. The number of amides is 1. The van der Waals surface area contributed by atoms with Crippen molar-refractivity contribution in [2.75, 3.05) is 19.0 Å². The number of nitrogens with zero attached hydrogens (tertiary/aromatic N) is 2. The summed E-state index contributed by atoms with van der Waals surface area (Å²) >= 11 is 0. The summed E-state index contributed by atoms with van der Waals surface area (Å²) in [4.78, 5) is 33.2. The number of methoxy groups -OCH3 is 1. The molecule has 0 fully saturated rings. The van der Waals surface area contributed by atoms with E-state index in [1.54, 1.807) is 6.07 Å². The molecule has 0 spiro atoms. The zero-order valence-corrected chi connectivity index (χ0v) is 15.8. The van der Waals surface area contributed by atoms with E-state index in [-0.39, 0.29) is 28.6 Å². The molecule has 10 nitrogen and oxygen atoms in total. The van der Waals surface area contributed by atoms with Gasteiger partial charge < -0.3 is 14.8 Å². The molecule has 0 heterocycles. The lowest BCUT2D eigenvalue weighted by Gasteiger charge is -2.06. The maximum Gasteiger partial charge on any atom is 0.312 e. The van der Waals surface area contributed by atoms with Crippen LogP contribution in [0.15, 0.2) is 42.5 Å². The first-order valence-corrected chi connectivity index (χ1v) is 8.58. The van der Waals surface area contributed by atoms with Crippen LogP contribution in [0.5, 0.6) is 11.5 Å². The second-order valence-corrected chi connectivity index (χ2v) is 5.80. The van der Waals surface area contributed by atoms with Gasteiger partial charge in [0.25, 0.3) is 0 Å². The molecule has 0 unspecified atom stereocenters. The van der Waals surface area contributed by atoms with Gasteiger partial charge in [0.15, 0.2) is 11.5 Å². The summed E-state index contributed by atoms with van der Waals surface area (Å²) in [5, 5.41) is 24.7. The number of nitrogens with one attached hydrogen (secondary N) is 1. The first-order valence-electron chi connectivity index (χ1n) is 8.58. The highest BCUT2D eigenvalue weighted by Crippen LogP contribution is 2.30. The van der Waals surface area contributed by atoms with Crippen LogP contribution in [0.3, 0.4) is 0 Å². The number of rotatable bonds is 9. The lowest BCUT2D eigenvalue weighted by Crippen LogP contribution is -2.08. The van der Waals surface area contributed by atoms with Crippen molar-refractivity contribution in [3.05, 3.63) is 68.3 Å². The largest absolute Gasteiger partial charge is 0.490 e. The van der Waals surface area contributed by atoms with Crippen LogP contribution in [0.1, 0.15) is 18.9 Å². The number of hydrogen-bond donors (Lipinski definition) is 1. The predicted molar refractivity (Wildman–Crippen MR) is 106 cm³/mol. The predicted octanol–water partition coefficient (Wildman–Crippen LogP) is 3.95. The average molecular weight is 401 g/mol. The normalized spacial score (nSPS) is 10.6. The van der Waals surface area contributed by atoms with Gasteiger partial charge in [-0.3, -0.25) is 25.0 Å². The first kappa shape index (κ1) is 21.4. The van der Waals surface area contributed by atoms with Crippen LogP contribution in [0, 0.1) is 20.2 Å². The number of hydrogen-bond acceptors (Lipinski definition) is 7. The fraction of sp³-hybridized carbons (Fsp3) is 0.211. The van der Waals surface area contributed by atoms with Crippen LogP contribution in [0.2, 0.25) is 0 Å². The Balaban J connectivity index is 2.14. The van der Waals surface area contributed by atoms with Crippen LogP contribution < -0.4 is 14.8 Å². The van der Waals surface area contributed by atoms with Crippen molar-refractivity contribution in [1.82, 2.24) is 0 Å². The minimum atomic E-state index is -0.619. The molecule has 0 aliphatic heterocycles. The Morgan fingerprint density at radius 1 is 1.07 bits per heavy atom. The van der Waals surface area contributed by atoms with Gasteiger partial charge in [0.05, 0.1) is 23.6 Å². The Labute approximate surface area is 166 Å². The minimum absolute atomic E-state index is 0.0706. The first-order chi connectivity index (χ1) is 13.8.